The highest BCUT2D eigenvalue weighted by molar-refractivity contribution is 7.89. The Morgan fingerprint density at radius 3 is 2.46 bits per heavy atom. The van der Waals surface area contributed by atoms with Crippen LogP contribution in [0.15, 0.2) is 53.4 Å². The molecule has 1 unspecified atom stereocenters. The minimum atomic E-state index is -3.45. The fourth-order valence-electron chi connectivity index (χ4n) is 3.02. The van der Waals surface area contributed by atoms with E-state index in [1.807, 2.05) is 19.9 Å². The van der Waals surface area contributed by atoms with Gasteiger partial charge in [0.25, 0.3) is 5.91 Å². The van der Waals surface area contributed by atoms with Gasteiger partial charge in [-0.25, -0.2) is 8.42 Å². The van der Waals surface area contributed by atoms with Crippen molar-refractivity contribution in [2.24, 2.45) is 0 Å². The summed E-state index contributed by atoms with van der Waals surface area (Å²) in [5.74, 6) is 0.374. The second-order valence-electron chi connectivity index (χ2n) is 6.95. The lowest BCUT2D eigenvalue weighted by molar-refractivity contribution is 0.102. The number of hydrogen-bond acceptors (Lipinski definition) is 4. The molecule has 1 aliphatic rings. The van der Waals surface area contributed by atoms with Crippen LogP contribution >= 0.6 is 0 Å². The van der Waals surface area contributed by atoms with Crippen LogP contribution < -0.4 is 10.1 Å². The molecule has 0 aromatic heterocycles. The molecule has 0 bridgehead atoms. The maximum atomic E-state index is 12.6. The van der Waals surface area contributed by atoms with Crippen LogP contribution in [0.25, 0.3) is 0 Å². The van der Waals surface area contributed by atoms with E-state index in [2.05, 4.69) is 5.32 Å². The molecular formula is C21H26N2O4S. The molecule has 3 rings (SSSR count). The van der Waals surface area contributed by atoms with Crippen LogP contribution in [0.2, 0.25) is 0 Å². The Kier molecular flexibility index (Phi) is 6.36. The minimum Gasteiger partial charge on any atom is -0.491 e. The average Bonchev–Trinajstić information content (AvgIpc) is 3.24. The molecule has 2 aromatic carbocycles. The zero-order chi connectivity index (χ0) is 20.1. The van der Waals surface area contributed by atoms with Crippen molar-refractivity contribution in [1.29, 1.82) is 0 Å². The van der Waals surface area contributed by atoms with E-state index in [-0.39, 0.29) is 16.9 Å². The van der Waals surface area contributed by atoms with Crippen molar-refractivity contribution in [3.05, 3.63) is 54.1 Å². The van der Waals surface area contributed by atoms with Crippen molar-refractivity contribution >= 4 is 21.6 Å². The molecule has 1 heterocycles. The van der Waals surface area contributed by atoms with E-state index in [0.717, 1.165) is 19.3 Å². The monoisotopic (exact) mass is 402 g/mol. The third-order valence-corrected chi connectivity index (χ3v) is 6.74. The number of carbonyl (C=O) groups excluding carboxylic acids is 1. The van der Waals surface area contributed by atoms with E-state index >= 15 is 0 Å². The van der Waals surface area contributed by atoms with Gasteiger partial charge in [0.05, 0.1) is 11.0 Å². The third kappa shape index (κ3) is 4.72. The highest BCUT2D eigenvalue weighted by atomic mass is 32.2. The van der Waals surface area contributed by atoms with Crippen molar-refractivity contribution in [1.82, 2.24) is 4.31 Å². The van der Waals surface area contributed by atoms with Gasteiger partial charge in [-0.05, 0) is 68.7 Å². The quantitative estimate of drug-likeness (QED) is 0.762. The number of nitrogens with one attached hydrogen (secondary N) is 1. The molecule has 0 spiro atoms. The van der Waals surface area contributed by atoms with Gasteiger partial charge in [0.1, 0.15) is 5.75 Å². The van der Waals surface area contributed by atoms with E-state index < -0.39 is 10.0 Å². The largest absolute Gasteiger partial charge is 0.491 e. The standard InChI is InChI=1S/C21H26N2O4S/c1-3-16(2)27-19-8-6-7-17(15-19)21(24)22-18-9-11-20(12-10-18)28(25,26)23-13-4-5-14-23/h6-12,15-16H,3-5,13-14H2,1-2H3,(H,22,24). The number of hydrogen-bond donors (Lipinski definition) is 1. The van der Waals surface area contributed by atoms with Gasteiger partial charge in [-0.15, -0.1) is 0 Å². The number of ether oxygens (including phenoxy) is 1. The van der Waals surface area contributed by atoms with Crippen LogP contribution in [0.3, 0.4) is 0 Å². The Bertz CT molecular complexity index is 920. The number of anilines is 1. The van der Waals surface area contributed by atoms with Gasteiger partial charge in [0.15, 0.2) is 0 Å². The molecule has 6 nitrogen and oxygen atoms in total. The summed E-state index contributed by atoms with van der Waals surface area (Å²) in [6.07, 6.45) is 2.74. The molecule has 1 N–H and O–H groups in total. The Labute approximate surface area is 166 Å². The molecular weight excluding hydrogens is 376 g/mol. The van der Waals surface area contributed by atoms with E-state index in [9.17, 15) is 13.2 Å². The molecule has 0 aliphatic carbocycles. The highest BCUT2D eigenvalue weighted by Crippen LogP contribution is 2.23. The summed E-state index contributed by atoms with van der Waals surface area (Å²) in [4.78, 5) is 12.8. The lowest BCUT2D eigenvalue weighted by atomic mass is 10.2. The lowest BCUT2D eigenvalue weighted by Gasteiger charge is -2.16. The highest BCUT2D eigenvalue weighted by Gasteiger charge is 2.26. The van der Waals surface area contributed by atoms with Gasteiger partial charge in [-0.1, -0.05) is 13.0 Å². The molecule has 1 aliphatic heterocycles. The predicted octanol–water partition coefficient (Wildman–Crippen LogP) is 3.90. The van der Waals surface area contributed by atoms with Crippen molar-refractivity contribution in [2.45, 2.75) is 44.1 Å². The van der Waals surface area contributed by atoms with Gasteiger partial charge >= 0.3 is 0 Å². The molecule has 1 saturated heterocycles. The SMILES string of the molecule is CCC(C)Oc1cccc(C(=O)Nc2ccc(S(=O)(=O)N3CCCC3)cc2)c1. The number of carbonyl (C=O) groups is 1. The molecule has 2 aromatic rings. The molecule has 0 radical (unpaired) electrons. The number of amides is 1. The fourth-order valence-corrected chi connectivity index (χ4v) is 4.53. The maximum absolute atomic E-state index is 12.6. The molecule has 28 heavy (non-hydrogen) atoms. The van der Waals surface area contributed by atoms with Gasteiger partial charge in [-0.3, -0.25) is 4.79 Å². The second kappa shape index (κ2) is 8.75. The van der Waals surface area contributed by atoms with Crippen molar-refractivity contribution < 1.29 is 17.9 Å². The topological polar surface area (TPSA) is 75.7 Å². The molecule has 1 atom stereocenters. The third-order valence-electron chi connectivity index (χ3n) is 4.82. The number of rotatable bonds is 7. The molecule has 1 amide bonds. The summed E-state index contributed by atoms with van der Waals surface area (Å²) in [6.45, 7) is 5.14. The van der Waals surface area contributed by atoms with E-state index in [1.165, 1.54) is 16.4 Å². The fraction of sp³-hybridized carbons (Fsp3) is 0.381. The minimum absolute atomic E-state index is 0.0726. The normalized spacial score (nSPS) is 15.9. The first-order valence-electron chi connectivity index (χ1n) is 9.58. The van der Waals surface area contributed by atoms with Crippen LogP contribution in [0, 0.1) is 0 Å². The summed E-state index contributed by atoms with van der Waals surface area (Å²) in [5.41, 5.74) is 1.02. The van der Waals surface area contributed by atoms with Crippen LogP contribution in [0.5, 0.6) is 5.75 Å². The van der Waals surface area contributed by atoms with Crippen LogP contribution in [-0.2, 0) is 10.0 Å². The Morgan fingerprint density at radius 2 is 1.82 bits per heavy atom. The van der Waals surface area contributed by atoms with E-state index in [4.69, 9.17) is 4.74 Å². The first-order chi connectivity index (χ1) is 13.4. The Morgan fingerprint density at radius 1 is 1.14 bits per heavy atom. The van der Waals surface area contributed by atoms with Crippen molar-refractivity contribution in [3.8, 4) is 5.75 Å². The van der Waals surface area contributed by atoms with Gasteiger partial charge < -0.3 is 10.1 Å². The molecule has 7 heteroatoms. The van der Waals surface area contributed by atoms with E-state index in [0.29, 0.717) is 30.1 Å². The number of benzene rings is 2. The van der Waals surface area contributed by atoms with E-state index in [1.54, 1.807) is 30.3 Å². The number of sulfonamides is 1. The smallest absolute Gasteiger partial charge is 0.255 e. The van der Waals surface area contributed by atoms with Gasteiger partial charge in [-0.2, -0.15) is 4.31 Å². The maximum Gasteiger partial charge on any atom is 0.255 e. The van der Waals surface area contributed by atoms with Crippen LogP contribution in [0.4, 0.5) is 5.69 Å². The Balaban J connectivity index is 1.69. The van der Waals surface area contributed by atoms with Gasteiger partial charge in [0.2, 0.25) is 10.0 Å². The zero-order valence-corrected chi connectivity index (χ0v) is 17.0. The summed E-state index contributed by atoms with van der Waals surface area (Å²) < 4.78 is 32.4. The summed E-state index contributed by atoms with van der Waals surface area (Å²) in [5, 5.41) is 2.80. The summed E-state index contributed by atoms with van der Waals surface area (Å²) in [7, 11) is -3.45. The zero-order valence-electron chi connectivity index (χ0n) is 16.2. The number of nitrogens with zero attached hydrogens (tertiary/aromatic N) is 1. The molecule has 150 valence electrons. The van der Waals surface area contributed by atoms with Crippen LogP contribution in [0.1, 0.15) is 43.5 Å². The van der Waals surface area contributed by atoms with Gasteiger partial charge in [0, 0.05) is 24.3 Å². The molecule has 1 fully saturated rings. The lowest BCUT2D eigenvalue weighted by Crippen LogP contribution is -2.27. The Hall–Kier alpha value is -2.38. The first kappa shape index (κ1) is 20.4. The van der Waals surface area contributed by atoms with Crippen molar-refractivity contribution in [2.75, 3.05) is 18.4 Å². The summed E-state index contributed by atoms with van der Waals surface area (Å²) >= 11 is 0. The summed E-state index contributed by atoms with van der Waals surface area (Å²) in [6, 6.07) is 13.3. The first-order valence-corrected chi connectivity index (χ1v) is 11.0. The van der Waals surface area contributed by atoms with Crippen LogP contribution in [-0.4, -0.2) is 37.8 Å². The van der Waals surface area contributed by atoms with Crippen molar-refractivity contribution in [3.63, 3.8) is 0 Å². The second-order valence-corrected chi connectivity index (χ2v) is 8.89. The predicted molar refractivity (Wildman–Crippen MR) is 109 cm³/mol. The molecule has 0 saturated carbocycles. The average molecular weight is 403 g/mol.